The largest absolute Gasteiger partial charge is 0.251 e. The van der Waals surface area contributed by atoms with E-state index in [4.69, 9.17) is 19.9 Å². The van der Waals surface area contributed by atoms with Crippen molar-refractivity contribution in [3.8, 4) is 67.4 Å². The minimum absolute atomic E-state index is 0.702. The minimum Gasteiger partial charge on any atom is -0.251 e. The van der Waals surface area contributed by atoms with Gasteiger partial charge in [0.25, 0.3) is 0 Å². The molecule has 0 saturated heterocycles. The van der Waals surface area contributed by atoms with E-state index in [1.165, 1.54) is 16.7 Å². The van der Waals surface area contributed by atoms with Crippen LogP contribution in [0.4, 0.5) is 0 Å². The molecule has 9 rings (SSSR count). The Bertz CT molecular complexity index is 2720. The molecule has 0 spiro atoms. The Balaban J connectivity index is 1.06. The van der Waals surface area contributed by atoms with E-state index < -0.39 is 0 Å². The molecule has 0 fully saturated rings. The van der Waals surface area contributed by atoms with Gasteiger partial charge in [0.05, 0.1) is 28.1 Å². The van der Waals surface area contributed by atoms with Crippen molar-refractivity contribution in [2.45, 2.75) is 13.8 Å². The van der Waals surface area contributed by atoms with Crippen LogP contribution in [0, 0.1) is 13.8 Å². The van der Waals surface area contributed by atoms with Gasteiger partial charge in [-0.2, -0.15) is 0 Å². The topological polar surface area (TPSA) is 51.6 Å². The van der Waals surface area contributed by atoms with Crippen molar-refractivity contribution in [1.29, 1.82) is 0 Å². The molecule has 0 unspecified atom stereocenters. The standard InChI is InChI=1S/C48H34N4/c1-31-28-32(2)49-47-42(31)26-24-38-25-27-43(50-46(38)47)41-15-9-14-40(29-41)35-18-22-37(23-19-35)45-30-44(51-48(52-45)39-12-7-4-8-13-39)36-20-16-34(17-21-36)33-10-5-3-6-11-33/h3-30H,1-2H3. The molecule has 4 nitrogen and oxygen atoms in total. The summed E-state index contributed by atoms with van der Waals surface area (Å²) >= 11 is 0. The number of aryl methyl sites for hydroxylation is 2. The summed E-state index contributed by atoms with van der Waals surface area (Å²) in [7, 11) is 0. The highest BCUT2D eigenvalue weighted by atomic mass is 14.9. The predicted molar refractivity (Wildman–Crippen MR) is 215 cm³/mol. The molecule has 0 N–H and O–H groups in total. The smallest absolute Gasteiger partial charge is 0.160 e. The van der Waals surface area contributed by atoms with Crippen molar-refractivity contribution in [2.75, 3.05) is 0 Å². The molecular formula is C48H34N4. The molecule has 0 aliphatic carbocycles. The summed E-state index contributed by atoms with van der Waals surface area (Å²) in [4.78, 5) is 20.1. The zero-order valence-electron chi connectivity index (χ0n) is 29.0. The number of hydrogen-bond donors (Lipinski definition) is 0. The molecule has 0 aliphatic rings. The molecule has 0 aliphatic heterocycles. The first-order valence-electron chi connectivity index (χ1n) is 17.6. The summed E-state index contributed by atoms with van der Waals surface area (Å²) in [5.41, 5.74) is 15.5. The van der Waals surface area contributed by atoms with E-state index in [0.29, 0.717) is 5.82 Å². The number of aromatic nitrogens is 4. The van der Waals surface area contributed by atoms with Crippen LogP contribution in [0.2, 0.25) is 0 Å². The molecule has 0 radical (unpaired) electrons. The fourth-order valence-electron chi connectivity index (χ4n) is 6.98. The summed E-state index contributed by atoms with van der Waals surface area (Å²) in [6, 6.07) is 59.2. The van der Waals surface area contributed by atoms with E-state index in [1.807, 2.05) is 31.2 Å². The number of benzene rings is 6. The van der Waals surface area contributed by atoms with Crippen molar-refractivity contribution >= 4 is 21.8 Å². The van der Waals surface area contributed by atoms with Crippen LogP contribution in [0.1, 0.15) is 11.3 Å². The van der Waals surface area contributed by atoms with Gasteiger partial charge in [0.2, 0.25) is 0 Å². The summed E-state index contributed by atoms with van der Waals surface area (Å²) in [5, 5.41) is 2.23. The first-order valence-corrected chi connectivity index (χ1v) is 17.6. The fraction of sp³-hybridized carbons (Fsp3) is 0.0417. The predicted octanol–water partition coefficient (Wildman–Crippen LogP) is 12.2. The van der Waals surface area contributed by atoms with Gasteiger partial charge in [0, 0.05) is 38.7 Å². The monoisotopic (exact) mass is 666 g/mol. The number of pyridine rings is 2. The van der Waals surface area contributed by atoms with Crippen LogP contribution in [0.15, 0.2) is 170 Å². The van der Waals surface area contributed by atoms with Crippen LogP contribution in [0.5, 0.6) is 0 Å². The lowest BCUT2D eigenvalue weighted by atomic mass is 9.98. The van der Waals surface area contributed by atoms with Gasteiger partial charge in [-0.1, -0.05) is 146 Å². The van der Waals surface area contributed by atoms with Gasteiger partial charge in [-0.25, -0.2) is 15.0 Å². The second-order valence-corrected chi connectivity index (χ2v) is 13.2. The number of rotatable bonds is 6. The second-order valence-electron chi connectivity index (χ2n) is 13.2. The van der Waals surface area contributed by atoms with E-state index >= 15 is 0 Å². The van der Waals surface area contributed by atoms with E-state index in [-0.39, 0.29) is 0 Å². The number of nitrogens with zero attached hydrogens (tertiary/aromatic N) is 4. The summed E-state index contributed by atoms with van der Waals surface area (Å²) in [6.45, 7) is 4.18. The molecule has 6 aromatic carbocycles. The molecule has 0 saturated carbocycles. The summed E-state index contributed by atoms with van der Waals surface area (Å²) in [5.74, 6) is 0.702. The Morgan fingerprint density at radius 2 is 0.865 bits per heavy atom. The molecule has 246 valence electrons. The van der Waals surface area contributed by atoms with Crippen molar-refractivity contribution in [1.82, 2.24) is 19.9 Å². The van der Waals surface area contributed by atoms with Crippen LogP contribution >= 0.6 is 0 Å². The Kier molecular flexibility index (Phi) is 7.90. The maximum atomic E-state index is 5.15. The quantitative estimate of drug-likeness (QED) is 0.166. The Morgan fingerprint density at radius 1 is 0.327 bits per heavy atom. The Hall–Kier alpha value is -6.78. The van der Waals surface area contributed by atoms with Gasteiger partial charge >= 0.3 is 0 Å². The normalized spacial score (nSPS) is 11.3. The maximum absolute atomic E-state index is 5.15. The highest BCUT2D eigenvalue weighted by molar-refractivity contribution is 6.04. The van der Waals surface area contributed by atoms with Gasteiger partial charge in [-0.3, -0.25) is 4.98 Å². The van der Waals surface area contributed by atoms with Crippen molar-refractivity contribution in [3.63, 3.8) is 0 Å². The molecule has 0 bridgehead atoms. The molecule has 0 amide bonds. The molecule has 3 aromatic heterocycles. The first-order chi connectivity index (χ1) is 25.6. The van der Waals surface area contributed by atoms with Gasteiger partial charge in [0.1, 0.15) is 0 Å². The Labute approximate surface area is 303 Å². The third-order valence-corrected chi connectivity index (χ3v) is 9.69. The lowest BCUT2D eigenvalue weighted by Crippen LogP contribution is -1.96. The van der Waals surface area contributed by atoms with Crippen LogP contribution in [0.25, 0.3) is 89.2 Å². The fourth-order valence-corrected chi connectivity index (χ4v) is 6.98. The van der Waals surface area contributed by atoms with Crippen molar-refractivity contribution < 1.29 is 0 Å². The van der Waals surface area contributed by atoms with E-state index in [0.717, 1.165) is 78.0 Å². The van der Waals surface area contributed by atoms with Crippen LogP contribution in [0.3, 0.4) is 0 Å². The highest BCUT2D eigenvalue weighted by Crippen LogP contribution is 2.33. The zero-order valence-corrected chi connectivity index (χ0v) is 29.0. The first kappa shape index (κ1) is 31.2. The zero-order chi connectivity index (χ0) is 35.0. The Morgan fingerprint density at radius 3 is 1.54 bits per heavy atom. The average Bonchev–Trinajstić information content (AvgIpc) is 3.21. The maximum Gasteiger partial charge on any atom is 0.160 e. The lowest BCUT2D eigenvalue weighted by molar-refractivity contribution is 1.18. The van der Waals surface area contributed by atoms with Gasteiger partial charge in [-0.05, 0) is 65.9 Å². The SMILES string of the molecule is Cc1cc(C)c2ccc3ccc(-c4cccc(-c5ccc(-c6cc(-c7ccc(-c8ccccc8)cc7)nc(-c7ccccc7)n6)cc5)c4)nc3c2n1. The third-order valence-electron chi connectivity index (χ3n) is 9.69. The van der Waals surface area contributed by atoms with Crippen LogP contribution in [-0.4, -0.2) is 19.9 Å². The highest BCUT2D eigenvalue weighted by Gasteiger charge is 2.13. The second kappa shape index (κ2) is 13.2. The van der Waals surface area contributed by atoms with E-state index in [1.54, 1.807) is 0 Å². The molecule has 9 aromatic rings. The van der Waals surface area contributed by atoms with E-state index in [2.05, 4.69) is 153 Å². The number of fused-ring (bicyclic) bond motifs is 3. The molecule has 0 atom stereocenters. The van der Waals surface area contributed by atoms with Gasteiger partial charge in [-0.15, -0.1) is 0 Å². The summed E-state index contributed by atoms with van der Waals surface area (Å²) < 4.78 is 0. The van der Waals surface area contributed by atoms with Crippen molar-refractivity contribution in [3.05, 3.63) is 181 Å². The molecule has 4 heteroatoms. The summed E-state index contributed by atoms with van der Waals surface area (Å²) in [6.07, 6.45) is 0. The minimum atomic E-state index is 0.702. The van der Waals surface area contributed by atoms with Crippen LogP contribution < -0.4 is 0 Å². The average molecular weight is 667 g/mol. The van der Waals surface area contributed by atoms with Gasteiger partial charge < -0.3 is 0 Å². The molecular weight excluding hydrogens is 633 g/mol. The molecule has 52 heavy (non-hydrogen) atoms. The number of hydrogen-bond acceptors (Lipinski definition) is 4. The van der Waals surface area contributed by atoms with Gasteiger partial charge in [0.15, 0.2) is 5.82 Å². The lowest BCUT2D eigenvalue weighted by Gasteiger charge is -2.11. The molecule has 3 heterocycles. The third kappa shape index (κ3) is 6.01. The van der Waals surface area contributed by atoms with E-state index in [9.17, 15) is 0 Å². The van der Waals surface area contributed by atoms with Crippen molar-refractivity contribution in [2.24, 2.45) is 0 Å². The van der Waals surface area contributed by atoms with Crippen LogP contribution in [-0.2, 0) is 0 Å².